The molecule has 0 unspecified atom stereocenters. The van der Waals surface area contributed by atoms with Crippen molar-refractivity contribution in [3.05, 3.63) is 65.7 Å². The Labute approximate surface area is 147 Å². The van der Waals surface area contributed by atoms with Gasteiger partial charge in [0.2, 0.25) is 0 Å². The fraction of sp³-hybridized carbons (Fsp3) is 0.350. The molecule has 2 aromatic rings. The Morgan fingerprint density at radius 1 is 1.08 bits per heavy atom. The summed E-state index contributed by atoms with van der Waals surface area (Å²) in [6, 6.07) is 17.9. The highest BCUT2D eigenvalue weighted by atomic mass is 16.7. The van der Waals surface area contributed by atoms with Gasteiger partial charge in [0, 0.05) is 12.8 Å². The minimum Gasteiger partial charge on any atom is -0.489 e. The molecule has 0 aliphatic carbocycles. The Hall–Kier alpha value is -2.37. The van der Waals surface area contributed by atoms with E-state index in [-0.39, 0.29) is 5.92 Å². The maximum absolute atomic E-state index is 11.7. The van der Waals surface area contributed by atoms with Crippen LogP contribution in [0, 0.1) is 0 Å². The number of carbonyl (C=O) groups is 1. The number of ether oxygens (including phenoxy) is 4. The molecule has 5 heteroatoms. The van der Waals surface area contributed by atoms with Crippen LogP contribution in [0.5, 0.6) is 5.75 Å². The number of carbonyl (C=O) groups excluding carboxylic acids is 1. The van der Waals surface area contributed by atoms with Crippen LogP contribution >= 0.6 is 0 Å². The summed E-state index contributed by atoms with van der Waals surface area (Å²) in [5, 5.41) is 0. The van der Waals surface area contributed by atoms with Crippen molar-refractivity contribution in [1.29, 1.82) is 0 Å². The maximum Gasteiger partial charge on any atom is 0.366 e. The van der Waals surface area contributed by atoms with Crippen LogP contribution in [0.15, 0.2) is 54.6 Å². The van der Waals surface area contributed by atoms with Gasteiger partial charge in [0.15, 0.2) is 0 Å². The summed E-state index contributed by atoms with van der Waals surface area (Å²) < 4.78 is 21.7. The molecule has 0 spiro atoms. The predicted octanol–water partition coefficient (Wildman–Crippen LogP) is 3.29. The highest BCUT2D eigenvalue weighted by molar-refractivity contribution is 5.77. The summed E-state index contributed by atoms with van der Waals surface area (Å²) in [5.74, 6) is -0.953. The molecule has 0 amide bonds. The Morgan fingerprint density at radius 2 is 1.72 bits per heavy atom. The lowest BCUT2D eigenvalue weighted by atomic mass is 9.99. The average Bonchev–Trinajstić information content (AvgIpc) is 2.67. The van der Waals surface area contributed by atoms with Crippen molar-refractivity contribution < 1.29 is 23.7 Å². The van der Waals surface area contributed by atoms with Crippen molar-refractivity contribution in [3.63, 3.8) is 0 Å². The van der Waals surface area contributed by atoms with Crippen LogP contribution in [0.4, 0.5) is 0 Å². The van der Waals surface area contributed by atoms with Gasteiger partial charge in [-0.25, -0.2) is 4.79 Å². The molecular formula is C20H22O5. The van der Waals surface area contributed by atoms with Gasteiger partial charge in [-0.05, 0) is 23.3 Å². The molecule has 1 heterocycles. The van der Waals surface area contributed by atoms with Crippen LogP contribution in [-0.4, -0.2) is 32.1 Å². The molecule has 0 aromatic heterocycles. The summed E-state index contributed by atoms with van der Waals surface area (Å²) in [5.41, 5.74) is 2.21. The first-order valence-electron chi connectivity index (χ1n) is 8.24. The number of hydrogen-bond donors (Lipinski definition) is 0. The van der Waals surface area contributed by atoms with Crippen LogP contribution in [0.1, 0.15) is 24.0 Å². The Kier molecular flexibility index (Phi) is 5.36. The van der Waals surface area contributed by atoms with E-state index in [1.807, 2.05) is 54.6 Å². The second-order valence-corrected chi connectivity index (χ2v) is 6.10. The topological polar surface area (TPSA) is 54.0 Å². The molecule has 0 saturated carbocycles. The van der Waals surface area contributed by atoms with Crippen molar-refractivity contribution in [2.24, 2.45) is 0 Å². The van der Waals surface area contributed by atoms with Gasteiger partial charge in [-0.1, -0.05) is 42.5 Å². The highest BCUT2D eigenvalue weighted by Gasteiger charge is 2.41. The van der Waals surface area contributed by atoms with Gasteiger partial charge in [0.1, 0.15) is 12.4 Å². The minimum atomic E-state index is -1.32. The minimum absolute atomic E-state index is 0.0703. The smallest absolute Gasteiger partial charge is 0.366 e. The molecule has 2 aromatic carbocycles. The molecule has 5 nitrogen and oxygen atoms in total. The molecule has 1 aliphatic heterocycles. The molecular weight excluding hydrogens is 320 g/mol. The number of methoxy groups -OCH3 is 1. The Balaban J connectivity index is 1.55. The van der Waals surface area contributed by atoms with E-state index in [0.29, 0.717) is 19.8 Å². The number of rotatable bonds is 5. The van der Waals surface area contributed by atoms with E-state index in [0.717, 1.165) is 16.9 Å². The van der Waals surface area contributed by atoms with Gasteiger partial charge in [-0.15, -0.1) is 0 Å². The fourth-order valence-electron chi connectivity index (χ4n) is 2.68. The molecule has 1 aliphatic rings. The molecule has 132 valence electrons. The van der Waals surface area contributed by atoms with Gasteiger partial charge in [0.05, 0.1) is 20.3 Å². The van der Waals surface area contributed by atoms with Gasteiger partial charge in [0.25, 0.3) is 5.79 Å². The maximum atomic E-state index is 11.7. The van der Waals surface area contributed by atoms with E-state index in [1.165, 1.54) is 7.11 Å². The SMILES string of the molecule is COC(=O)C1(C)OCC(c2ccc(OCc3ccccc3)cc2)CO1. The van der Waals surface area contributed by atoms with Crippen LogP contribution < -0.4 is 4.74 Å². The van der Waals surface area contributed by atoms with Crippen molar-refractivity contribution in [2.45, 2.75) is 25.2 Å². The zero-order chi connectivity index (χ0) is 17.7. The number of benzene rings is 2. The molecule has 0 N–H and O–H groups in total. The van der Waals surface area contributed by atoms with E-state index in [9.17, 15) is 4.79 Å². The van der Waals surface area contributed by atoms with Crippen LogP contribution in [-0.2, 0) is 25.6 Å². The third-order valence-electron chi connectivity index (χ3n) is 4.28. The molecule has 0 bridgehead atoms. The summed E-state index contributed by atoms with van der Waals surface area (Å²) in [6.07, 6.45) is 0. The molecule has 25 heavy (non-hydrogen) atoms. The van der Waals surface area contributed by atoms with E-state index >= 15 is 0 Å². The molecule has 3 rings (SSSR count). The number of esters is 1. The fourth-order valence-corrected chi connectivity index (χ4v) is 2.68. The lowest BCUT2D eigenvalue weighted by Gasteiger charge is -2.35. The van der Waals surface area contributed by atoms with Crippen LogP contribution in [0.25, 0.3) is 0 Å². The lowest BCUT2D eigenvalue weighted by Crippen LogP contribution is -2.47. The summed E-state index contributed by atoms with van der Waals surface area (Å²) >= 11 is 0. The normalized spacial score (nSPS) is 23.0. The Morgan fingerprint density at radius 3 is 2.32 bits per heavy atom. The molecule has 1 fully saturated rings. The highest BCUT2D eigenvalue weighted by Crippen LogP contribution is 2.29. The second kappa shape index (κ2) is 7.68. The Bertz CT molecular complexity index is 688. The third kappa shape index (κ3) is 4.18. The zero-order valence-corrected chi connectivity index (χ0v) is 14.4. The second-order valence-electron chi connectivity index (χ2n) is 6.10. The van der Waals surface area contributed by atoms with Crippen LogP contribution in [0.2, 0.25) is 0 Å². The lowest BCUT2D eigenvalue weighted by molar-refractivity contribution is -0.264. The largest absolute Gasteiger partial charge is 0.489 e. The van der Waals surface area contributed by atoms with Gasteiger partial charge >= 0.3 is 5.97 Å². The van der Waals surface area contributed by atoms with Crippen molar-refractivity contribution in [2.75, 3.05) is 20.3 Å². The standard InChI is InChI=1S/C20H22O5/c1-20(19(21)22-2)24-13-17(14-25-20)16-8-10-18(11-9-16)23-12-15-6-4-3-5-7-15/h3-11,17H,12-14H2,1-2H3. The van der Waals surface area contributed by atoms with Crippen molar-refractivity contribution >= 4 is 5.97 Å². The monoisotopic (exact) mass is 342 g/mol. The van der Waals surface area contributed by atoms with E-state index in [4.69, 9.17) is 18.9 Å². The average molecular weight is 342 g/mol. The quantitative estimate of drug-likeness (QED) is 0.781. The van der Waals surface area contributed by atoms with Gasteiger partial charge < -0.3 is 18.9 Å². The molecule has 1 saturated heterocycles. The summed E-state index contributed by atoms with van der Waals surface area (Å²) in [6.45, 7) is 2.91. The number of hydrogen-bond acceptors (Lipinski definition) is 5. The van der Waals surface area contributed by atoms with E-state index in [1.54, 1.807) is 6.92 Å². The first-order valence-corrected chi connectivity index (χ1v) is 8.24. The van der Waals surface area contributed by atoms with E-state index in [2.05, 4.69) is 0 Å². The van der Waals surface area contributed by atoms with Crippen molar-refractivity contribution in [3.8, 4) is 5.75 Å². The summed E-state index contributed by atoms with van der Waals surface area (Å²) in [4.78, 5) is 11.7. The first kappa shape index (κ1) is 17.5. The van der Waals surface area contributed by atoms with E-state index < -0.39 is 11.8 Å². The molecule has 0 radical (unpaired) electrons. The first-order chi connectivity index (χ1) is 12.1. The predicted molar refractivity (Wildman–Crippen MR) is 92.3 cm³/mol. The summed E-state index contributed by atoms with van der Waals surface area (Å²) in [7, 11) is 1.32. The van der Waals surface area contributed by atoms with Gasteiger partial charge in [-0.2, -0.15) is 0 Å². The third-order valence-corrected chi connectivity index (χ3v) is 4.28. The van der Waals surface area contributed by atoms with Crippen molar-refractivity contribution in [1.82, 2.24) is 0 Å². The zero-order valence-electron chi connectivity index (χ0n) is 14.4. The molecule has 0 atom stereocenters. The van der Waals surface area contributed by atoms with Crippen LogP contribution in [0.3, 0.4) is 0 Å². The van der Waals surface area contributed by atoms with Gasteiger partial charge in [-0.3, -0.25) is 0 Å².